The third-order valence-electron chi connectivity index (χ3n) is 3.36. The van der Waals surface area contributed by atoms with Gasteiger partial charge in [0.1, 0.15) is 11.8 Å². The van der Waals surface area contributed by atoms with Crippen molar-refractivity contribution in [2.24, 2.45) is 5.92 Å². The Morgan fingerprint density at radius 3 is 2.89 bits per heavy atom. The van der Waals surface area contributed by atoms with E-state index < -0.39 is 0 Å². The van der Waals surface area contributed by atoms with E-state index >= 15 is 0 Å². The van der Waals surface area contributed by atoms with Gasteiger partial charge in [0.25, 0.3) is 0 Å². The molecule has 0 spiro atoms. The molecule has 0 amide bonds. The van der Waals surface area contributed by atoms with Crippen LogP contribution in [0.3, 0.4) is 0 Å². The van der Waals surface area contributed by atoms with Crippen LogP contribution in [0.25, 0.3) is 0 Å². The number of benzene rings is 1. The summed E-state index contributed by atoms with van der Waals surface area (Å²) >= 11 is 0. The summed E-state index contributed by atoms with van der Waals surface area (Å²) in [4.78, 5) is 0. The van der Waals surface area contributed by atoms with Crippen molar-refractivity contribution in [2.75, 3.05) is 13.7 Å². The molecule has 96 valence electrons. The van der Waals surface area contributed by atoms with Crippen molar-refractivity contribution in [2.45, 2.75) is 25.5 Å². The zero-order valence-corrected chi connectivity index (χ0v) is 10.5. The predicted octanol–water partition coefficient (Wildman–Crippen LogP) is 1.43. The number of nitrogens with zero attached hydrogens (tertiary/aromatic N) is 1. The summed E-state index contributed by atoms with van der Waals surface area (Å²) in [6.07, 6.45) is 1.72. The Morgan fingerprint density at radius 2 is 2.28 bits per heavy atom. The molecule has 0 aromatic heterocycles. The van der Waals surface area contributed by atoms with Crippen LogP contribution in [0.2, 0.25) is 0 Å². The summed E-state index contributed by atoms with van der Waals surface area (Å²) in [5.41, 5.74) is 1.66. The van der Waals surface area contributed by atoms with E-state index in [9.17, 15) is 5.11 Å². The van der Waals surface area contributed by atoms with Gasteiger partial charge in [-0.1, -0.05) is 6.07 Å². The minimum atomic E-state index is -0.0909. The Labute approximate surface area is 107 Å². The predicted molar refractivity (Wildman–Crippen MR) is 68.1 cm³/mol. The Kier molecular flexibility index (Phi) is 4.19. The molecular weight excluding hydrogens is 228 g/mol. The number of nitrogens with one attached hydrogen (secondary N) is 1. The molecule has 0 aliphatic heterocycles. The van der Waals surface area contributed by atoms with E-state index in [1.807, 2.05) is 12.1 Å². The van der Waals surface area contributed by atoms with E-state index in [1.54, 1.807) is 13.2 Å². The Balaban J connectivity index is 1.84. The average Bonchev–Trinajstić information content (AvgIpc) is 2.36. The van der Waals surface area contributed by atoms with E-state index in [2.05, 4.69) is 11.4 Å². The molecule has 0 saturated heterocycles. The average molecular weight is 246 g/mol. The minimum absolute atomic E-state index is 0.0909. The third kappa shape index (κ3) is 3.00. The molecule has 1 aromatic rings. The quantitative estimate of drug-likeness (QED) is 0.825. The van der Waals surface area contributed by atoms with Gasteiger partial charge in [-0.05, 0) is 43.0 Å². The lowest BCUT2D eigenvalue weighted by Gasteiger charge is -2.31. The van der Waals surface area contributed by atoms with Gasteiger partial charge in [0.2, 0.25) is 0 Å². The van der Waals surface area contributed by atoms with Gasteiger partial charge in [-0.15, -0.1) is 0 Å². The maximum absolute atomic E-state index is 9.19. The van der Waals surface area contributed by atoms with Crippen molar-refractivity contribution in [1.29, 1.82) is 5.26 Å². The molecule has 2 N–H and O–H groups in total. The number of rotatable bonds is 5. The second-order valence-corrected chi connectivity index (χ2v) is 4.77. The van der Waals surface area contributed by atoms with Crippen LogP contribution in [0.5, 0.6) is 5.75 Å². The van der Waals surface area contributed by atoms with Crippen LogP contribution in [0.15, 0.2) is 18.2 Å². The van der Waals surface area contributed by atoms with Crippen LogP contribution < -0.4 is 10.1 Å². The first kappa shape index (κ1) is 12.9. The molecule has 0 atom stereocenters. The molecule has 0 heterocycles. The van der Waals surface area contributed by atoms with Gasteiger partial charge in [0, 0.05) is 6.54 Å². The normalized spacial score (nSPS) is 22.1. The SMILES string of the molecule is COc1cc(CNCC2CC(O)C2)ccc1C#N. The molecule has 0 radical (unpaired) electrons. The Bertz CT molecular complexity index is 448. The number of ether oxygens (including phenoxy) is 1. The summed E-state index contributed by atoms with van der Waals surface area (Å²) < 4.78 is 5.17. The summed E-state index contributed by atoms with van der Waals surface area (Å²) in [6, 6.07) is 7.70. The van der Waals surface area contributed by atoms with Gasteiger partial charge >= 0.3 is 0 Å². The second kappa shape index (κ2) is 5.85. The first-order valence-corrected chi connectivity index (χ1v) is 6.18. The van der Waals surface area contributed by atoms with Crippen LogP contribution in [0, 0.1) is 17.2 Å². The highest BCUT2D eigenvalue weighted by Crippen LogP contribution is 2.26. The molecule has 0 unspecified atom stereocenters. The van der Waals surface area contributed by atoms with Gasteiger partial charge in [0.05, 0.1) is 18.8 Å². The largest absolute Gasteiger partial charge is 0.495 e. The second-order valence-electron chi connectivity index (χ2n) is 4.77. The lowest BCUT2D eigenvalue weighted by atomic mass is 9.82. The standard InChI is InChI=1S/C14H18N2O2/c1-18-14-6-10(2-3-12(14)7-15)8-16-9-11-4-13(17)5-11/h2-3,6,11,13,16-17H,4-5,8-9H2,1H3. The van der Waals surface area contributed by atoms with Gasteiger partial charge in [-0.3, -0.25) is 0 Å². The lowest BCUT2D eigenvalue weighted by molar-refractivity contribution is 0.0430. The van der Waals surface area contributed by atoms with E-state index in [0.717, 1.165) is 31.5 Å². The smallest absolute Gasteiger partial charge is 0.136 e. The number of methoxy groups -OCH3 is 1. The monoisotopic (exact) mass is 246 g/mol. The molecule has 1 aromatic carbocycles. The molecule has 0 bridgehead atoms. The van der Waals surface area contributed by atoms with Crippen LogP contribution in [0.4, 0.5) is 0 Å². The molecule has 1 aliphatic rings. The maximum Gasteiger partial charge on any atom is 0.136 e. The summed E-state index contributed by atoms with van der Waals surface area (Å²) in [6.45, 7) is 1.69. The lowest BCUT2D eigenvalue weighted by Crippen LogP contribution is -2.35. The van der Waals surface area contributed by atoms with Crippen LogP contribution in [0.1, 0.15) is 24.0 Å². The van der Waals surface area contributed by atoms with Gasteiger partial charge in [-0.2, -0.15) is 5.26 Å². The third-order valence-corrected chi connectivity index (χ3v) is 3.36. The van der Waals surface area contributed by atoms with Crippen molar-refractivity contribution in [3.8, 4) is 11.8 Å². The first-order chi connectivity index (χ1) is 8.72. The van der Waals surface area contributed by atoms with E-state index in [1.165, 1.54) is 0 Å². The summed E-state index contributed by atoms with van der Waals surface area (Å²) in [7, 11) is 1.57. The molecule has 4 nitrogen and oxygen atoms in total. The highest BCUT2D eigenvalue weighted by molar-refractivity contribution is 5.45. The molecule has 1 fully saturated rings. The number of hydrogen-bond donors (Lipinski definition) is 2. The zero-order valence-electron chi connectivity index (χ0n) is 10.5. The van der Waals surface area contributed by atoms with Crippen molar-refractivity contribution < 1.29 is 9.84 Å². The van der Waals surface area contributed by atoms with Gasteiger partial charge in [-0.25, -0.2) is 0 Å². The topological polar surface area (TPSA) is 65.3 Å². The van der Waals surface area contributed by atoms with Gasteiger partial charge < -0.3 is 15.2 Å². The summed E-state index contributed by atoms with van der Waals surface area (Å²) in [5.74, 6) is 1.22. The number of aliphatic hydroxyl groups excluding tert-OH is 1. The van der Waals surface area contributed by atoms with E-state index in [4.69, 9.17) is 10.00 Å². The Hall–Kier alpha value is -1.57. The molecule has 4 heteroatoms. The van der Waals surface area contributed by atoms with Crippen LogP contribution in [-0.4, -0.2) is 24.9 Å². The Morgan fingerprint density at radius 1 is 1.50 bits per heavy atom. The van der Waals surface area contributed by atoms with E-state index in [0.29, 0.717) is 17.2 Å². The molecule has 1 saturated carbocycles. The number of aliphatic hydroxyl groups is 1. The number of hydrogen-bond acceptors (Lipinski definition) is 4. The fraction of sp³-hybridized carbons (Fsp3) is 0.500. The van der Waals surface area contributed by atoms with Crippen LogP contribution >= 0.6 is 0 Å². The van der Waals surface area contributed by atoms with Crippen molar-refractivity contribution >= 4 is 0 Å². The highest BCUT2D eigenvalue weighted by Gasteiger charge is 2.26. The summed E-state index contributed by atoms with van der Waals surface area (Å²) in [5, 5.41) is 21.4. The highest BCUT2D eigenvalue weighted by atomic mass is 16.5. The molecule has 1 aliphatic carbocycles. The molecule has 2 rings (SSSR count). The van der Waals surface area contributed by atoms with Gasteiger partial charge in [0.15, 0.2) is 0 Å². The molecule has 18 heavy (non-hydrogen) atoms. The number of nitriles is 1. The van der Waals surface area contributed by atoms with Crippen LogP contribution in [-0.2, 0) is 6.54 Å². The van der Waals surface area contributed by atoms with E-state index in [-0.39, 0.29) is 6.10 Å². The minimum Gasteiger partial charge on any atom is -0.495 e. The maximum atomic E-state index is 9.19. The van der Waals surface area contributed by atoms with Crippen molar-refractivity contribution in [1.82, 2.24) is 5.32 Å². The first-order valence-electron chi connectivity index (χ1n) is 6.18. The van der Waals surface area contributed by atoms with Crippen molar-refractivity contribution in [3.63, 3.8) is 0 Å². The zero-order chi connectivity index (χ0) is 13.0. The van der Waals surface area contributed by atoms with Crippen molar-refractivity contribution in [3.05, 3.63) is 29.3 Å². The fourth-order valence-electron chi connectivity index (χ4n) is 2.23. The fourth-order valence-corrected chi connectivity index (χ4v) is 2.23. The molecular formula is C14H18N2O2.